The highest BCUT2D eigenvalue weighted by Gasteiger charge is 2.30. The van der Waals surface area contributed by atoms with Gasteiger partial charge in [-0.05, 0) is 66.8 Å². The number of sulfone groups is 1. The molecule has 1 aliphatic heterocycles. The van der Waals surface area contributed by atoms with Gasteiger partial charge in [0.1, 0.15) is 5.60 Å². The van der Waals surface area contributed by atoms with Crippen molar-refractivity contribution in [1.82, 2.24) is 4.90 Å². The summed E-state index contributed by atoms with van der Waals surface area (Å²) in [5.74, 6) is -0.0734. The molecule has 0 radical (unpaired) electrons. The highest BCUT2D eigenvalue weighted by Crippen LogP contribution is 2.35. The summed E-state index contributed by atoms with van der Waals surface area (Å²) < 4.78 is 29.2. The number of nitriles is 1. The lowest BCUT2D eigenvalue weighted by atomic mass is 9.94. The van der Waals surface area contributed by atoms with Crippen molar-refractivity contribution in [3.05, 3.63) is 58.7 Å². The molecule has 2 aromatic rings. The van der Waals surface area contributed by atoms with Crippen molar-refractivity contribution in [2.75, 3.05) is 6.26 Å². The zero-order valence-electron chi connectivity index (χ0n) is 17.0. The molecule has 0 N–H and O–H groups in total. The summed E-state index contributed by atoms with van der Waals surface area (Å²) >= 11 is 0. The molecule has 0 bridgehead atoms. The second kappa shape index (κ2) is 7.53. The Kier molecular flexibility index (Phi) is 5.42. The summed E-state index contributed by atoms with van der Waals surface area (Å²) in [5, 5.41) is 9.04. The van der Waals surface area contributed by atoms with Gasteiger partial charge in [-0.15, -0.1) is 0 Å². The smallest absolute Gasteiger partial charge is 0.410 e. The summed E-state index contributed by atoms with van der Waals surface area (Å²) in [6.07, 6.45) is 0.804. The summed E-state index contributed by atoms with van der Waals surface area (Å²) in [6.45, 7) is 6.21. The largest absolute Gasteiger partial charge is 0.444 e. The fraction of sp³-hybridized carbons (Fsp3) is 0.364. The molecule has 29 heavy (non-hydrogen) atoms. The van der Waals surface area contributed by atoms with Crippen LogP contribution >= 0.6 is 0 Å². The van der Waals surface area contributed by atoms with Crippen molar-refractivity contribution >= 4 is 15.9 Å². The van der Waals surface area contributed by atoms with Gasteiger partial charge in [0.05, 0.1) is 23.9 Å². The number of fused-ring (bicyclic) bond motifs is 1. The molecule has 0 atom stereocenters. The number of carbonyl (C=O) groups excluding carboxylic acids is 1. The molecule has 0 unspecified atom stereocenters. The lowest BCUT2D eigenvalue weighted by Gasteiger charge is -2.24. The molecule has 0 saturated carbocycles. The van der Waals surface area contributed by atoms with Crippen LogP contribution in [0.4, 0.5) is 4.79 Å². The van der Waals surface area contributed by atoms with Gasteiger partial charge in [-0.2, -0.15) is 5.26 Å². The first kappa shape index (κ1) is 20.9. The zero-order valence-corrected chi connectivity index (χ0v) is 17.8. The summed E-state index contributed by atoms with van der Waals surface area (Å²) in [5.41, 5.74) is 4.26. The van der Waals surface area contributed by atoms with Crippen molar-refractivity contribution in [3.8, 4) is 17.2 Å². The predicted molar refractivity (Wildman–Crippen MR) is 111 cm³/mol. The van der Waals surface area contributed by atoms with Gasteiger partial charge in [-0.25, -0.2) is 13.2 Å². The first-order valence-electron chi connectivity index (χ1n) is 9.26. The number of hydrogen-bond acceptors (Lipinski definition) is 5. The summed E-state index contributed by atoms with van der Waals surface area (Å²) in [4.78, 5) is 14.2. The Bertz CT molecular complexity index is 1090. The van der Waals surface area contributed by atoms with Gasteiger partial charge in [-0.1, -0.05) is 18.2 Å². The van der Waals surface area contributed by atoms with Crippen LogP contribution in [0.5, 0.6) is 0 Å². The SMILES string of the molecule is CC(C)(C)OC(=O)N1Cc2cc(CS(C)(=O)=O)cc(-c3ccc(C#N)cc3)c2C1. The van der Waals surface area contributed by atoms with Crippen LogP contribution in [-0.4, -0.2) is 31.3 Å². The molecule has 0 saturated heterocycles. The lowest BCUT2D eigenvalue weighted by Crippen LogP contribution is -2.33. The van der Waals surface area contributed by atoms with E-state index in [0.717, 1.165) is 22.3 Å². The number of nitrogens with zero attached hydrogens (tertiary/aromatic N) is 2. The fourth-order valence-electron chi connectivity index (χ4n) is 3.40. The van der Waals surface area contributed by atoms with Crippen LogP contribution in [0.25, 0.3) is 11.1 Å². The van der Waals surface area contributed by atoms with Crippen LogP contribution in [0.3, 0.4) is 0 Å². The van der Waals surface area contributed by atoms with Crippen LogP contribution < -0.4 is 0 Å². The van der Waals surface area contributed by atoms with Gasteiger partial charge >= 0.3 is 6.09 Å². The maximum atomic E-state index is 12.5. The van der Waals surface area contributed by atoms with Crippen molar-refractivity contribution < 1.29 is 17.9 Å². The van der Waals surface area contributed by atoms with Crippen molar-refractivity contribution in [3.63, 3.8) is 0 Å². The van der Waals surface area contributed by atoms with E-state index in [2.05, 4.69) is 6.07 Å². The quantitative estimate of drug-likeness (QED) is 0.760. The average molecular weight is 413 g/mol. The van der Waals surface area contributed by atoms with Crippen molar-refractivity contribution in [2.24, 2.45) is 0 Å². The van der Waals surface area contributed by atoms with Crippen LogP contribution in [0.15, 0.2) is 36.4 Å². The molecule has 2 aromatic carbocycles. The topological polar surface area (TPSA) is 87.5 Å². The summed E-state index contributed by atoms with van der Waals surface area (Å²) in [7, 11) is -3.21. The Balaban J connectivity index is 2.02. The second-order valence-electron chi connectivity index (χ2n) is 8.38. The minimum absolute atomic E-state index is 0.0734. The van der Waals surface area contributed by atoms with E-state index in [1.807, 2.05) is 45.0 Å². The van der Waals surface area contributed by atoms with E-state index in [1.54, 1.807) is 17.0 Å². The van der Waals surface area contributed by atoms with Crippen molar-refractivity contribution in [1.29, 1.82) is 5.26 Å². The van der Waals surface area contributed by atoms with Gasteiger partial charge in [0.15, 0.2) is 9.84 Å². The van der Waals surface area contributed by atoms with E-state index >= 15 is 0 Å². The normalized spacial score (nSPS) is 13.7. The van der Waals surface area contributed by atoms with Crippen LogP contribution in [0, 0.1) is 11.3 Å². The molecule has 6 nitrogen and oxygen atoms in total. The molecule has 152 valence electrons. The number of ether oxygens (including phenoxy) is 1. The van der Waals surface area contributed by atoms with Crippen molar-refractivity contribution in [2.45, 2.75) is 45.2 Å². The average Bonchev–Trinajstić information content (AvgIpc) is 3.02. The first-order valence-corrected chi connectivity index (χ1v) is 11.3. The number of carbonyl (C=O) groups is 1. The highest BCUT2D eigenvalue weighted by molar-refractivity contribution is 7.89. The molecule has 0 spiro atoms. The molecule has 0 aromatic heterocycles. The van der Waals surface area contributed by atoms with E-state index in [9.17, 15) is 13.2 Å². The lowest BCUT2D eigenvalue weighted by molar-refractivity contribution is 0.0242. The third kappa shape index (κ3) is 5.15. The minimum Gasteiger partial charge on any atom is -0.444 e. The highest BCUT2D eigenvalue weighted by atomic mass is 32.2. The second-order valence-corrected chi connectivity index (χ2v) is 10.5. The molecule has 1 amide bonds. The number of hydrogen-bond donors (Lipinski definition) is 0. The molecule has 0 fully saturated rings. The van der Waals surface area contributed by atoms with Gasteiger partial charge in [0.2, 0.25) is 0 Å². The Morgan fingerprint density at radius 1 is 1.17 bits per heavy atom. The number of amides is 1. The first-order chi connectivity index (χ1) is 13.4. The molecule has 3 rings (SSSR count). The third-order valence-electron chi connectivity index (χ3n) is 4.52. The molecule has 1 heterocycles. The molecular weight excluding hydrogens is 388 g/mol. The molecular formula is C22H24N2O4S. The van der Waals surface area contributed by atoms with E-state index in [-0.39, 0.29) is 5.75 Å². The Labute approximate surface area is 171 Å². The van der Waals surface area contributed by atoms with Gasteiger partial charge < -0.3 is 4.74 Å². The number of benzene rings is 2. The predicted octanol–water partition coefficient (Wildman–Crippen LogP) is 4.02. The van der Waals surface area contributed by atoms with Crippen LogP contribution in [-0.2, 0) is 33.4 Å². The van der Waals surface area contributed by atoms with E-state index < -0.39 is 21.5 Å². The van der Waals surface area contributed by atoms with Gasteiger partial charge in [0, 0.05) is 12.8 Å². The maximum Gasteiger partial charge on any atom is 0.410 e. The molecule has 7 heteroatoms. The van der Waals surface area contributed by atoms with Gasteiger partial charge in [0.25, 0.3) is 0 Å². The standard InChI is InChI=1S/C22H24N2O4S/c1-22(2,3)28-21(25)24-12-18-9-16(14-29(4,26)27)10-19(20(18)13-24)17-7-5-15(11-23)6-8-17/h5-10H,12-14H2,1-4H3. The Morgan fingerprint density at radius 2 is 1.83 bits per heavy atom. The molecule has 0 aliphatic carbocycles. The minimum atomic E-state index is -3.21. The summed E-state index contributed by atoms with van der Waals surface area (Å²) in [6, 6.07) is 13.0. The fourth-order valence-corrected chi connectivity index (χ4v) is 4.17. The molecule has 1 aliphatic rings. The zero-order chi connectivity index (χ0) is 21.4. The van der Waals surface area contributed by atoms with E-state index in [4.69, 9.17) is 10.00 Å². The van der Waals surface area contributed by atoms with E-state index in [1.165, 1.54) is 6.26 Å². The van der Waals surface area contributed by atoms with Crippen LogP contribution in [0.1, 0.15) is 43.0 Å². The Hall–Kier alpha value is -2.85. The third-order valence-corrected chi connectivity index (χ3v) is 5.38. The van der Waals surface area contributed by atoms with E-state index in [0.29, 0.717) is 24.2 Å². The van der Waals surface area contributed by atoms with Gasteiger partial charge in [-0.3, -0.25) is 4.90 Å². The number of rotatable bonds is 3. The maximum absolute atomic E-state index is 12.5. The monoisotopic (exact) mass is 412 g/mol. The Morgan fingerprint density at radius 3 is 2.38 bits per heavy atom. The van der Waals surface area contributed by atoms with Crippen LogP contribution in [0.2, 0.25) is 0 Å².